The number of rotatable bonds is 3. The highest BCUT2D eigenvalue weighted by molar-refractivity contribution is 5.97. The third-order valence-corrected chi connectivity index (χ3v) is 5.57. The smallest absolute Gasteiger partial charge is 0.413 e. The molecule has 0 saturated carbocycles. The Bertz CT molecular complexity index is 1170. The van der Waals surface area contributed by atoms with Crippen molar-refractivity contribution in [3.63, 3.8) is 0 Å². The maximum Gasteiger partial charge on any atom is 0.413 e. The molecule has 3 aromatic rings. The van der Waals surface area contributed by atoms with E-state index in [1.165, 1.54) is 35.1 Å². The van der Waals surface area contributed by atoms with Gasteiger partial charge < -0.3 is 10.1 Å². The highest BCUT2D eigenvalue weighted by atomic mass is 19.3. The molecule has 2 aliphatic rings. The zero-order chi connectivity index (χ0) is 21.7. The first-order valence-corrected chi connectivity index (χ1v) is 9.71. The van der Waals surface area contributed by atoms with Crippen LogP contribution < -0.4 is 10.6 Å². The molecule has 2 aliphatic heterocycles. The number of piperidine rings is 1. The number of carbonyl (C=O) groups is 1. The average molecular weight is 435 g/mol. The predicted octanol–water partition coefficient (Wildman–Crippen LogP) is 3.98. The number of aromatic nitrogens is 3. The minimum absolute atomic E-state index is 0.0602. The maximum atomic E-state index is 14.7. The lowest BCUT2D eigenvalue weighted by atomic mass is 9.98. The van der Waals surface area contributed by atoms with Crippen molar-refractivity contribution < 1.29 is 27.1 Å². The van der Waals surface area contributed by atoms with Gasteiger partial charge in [0.15, 0.2) is 6.10 Å². The van der Waals surface area contributed by atoms with E-state index < -0.39 is 36.7 Å². The Labute approximate surface area is 173 Å². The molecule has 1 saturated heterocycles. The Morgan fingerprint density at radius 2 is 2.10 bits per heavy atom. The number of fused-ring (bicyclic) bond motifs is 2. The van der Waals surface area contributed by atoms with E-state index in [9.17, 15) is 22.4 Å². The molecule has 0 aliphatic carbocycles. The standard InChI is InChI=1S/C20H17F4N5O2/c21-9-1-2-13-11(7-9)16(28-29(13)14-4-5-25-8-12(14)22)10-3-6-26-19-15(10)17(18(23)24)31-20(30)27-19/h1-3,6-7,12,14,17-18,25H,4-5,8H2,(H,26,27,30)/t12-,14+,17-/m1/s1. The molecule has 7 nitrogen and oxygen atoms in total. The second kappa shape index (κ2) is 7.49. The predicted molar refractivity (Wildman–Crippen MR) is 103 cm³/mol. The van der Waals surface area contributed by atoms with Crippen molar-refractivity contribution in [2.75, 3.05) is 18.4 Å². The van der Waals surface area contributed by atoms with Crippen molar-refractivity contribution in [1.82, 2.24) is 20.1 Å². The van der Waals surface area contributed by atoms with Crippen LogP contribution in [0.4, 0.5) is 28.2 Å². The van der Waals surface area contributed by atoms with E-state index in [0.29, 0.717) is 23.9 Å². The molecule has 162 valence electrons. The van der Waals surface area contributed by atoms with Crippen LogP contribution in [0.2, 0.25) is 0 Å². The van der Waals surface area contributed by atoms with Crippen LogP contribution in [-0.4, -0.2) is 46.5 Å². The fourth-order valence-corrected chi connectivity index (χ4v) is 4.19. The van der Waals surface area contributed by atoms with Gasteiger partial charge in [0, 0.05) is 23.7 Å². The van der Waals surface area contributed by atoms with Gasteiger partial charge in [0.2, 0.25) is 0 Å². The molecule has 2 N–H and O–H groups in total. The number of nitrogens with zero attached hydrogens (tertiary/aromatic N) is 3. The summed E-state index contributed by atoms with van der Waals surface area (Å²) in [5.74, 6) is -0.628. The summed E-state index contributed by atoms with van der Waals surface area (Å²) >= 11 is 0. The molecule has 0 bridgehead atoms. The van der Waals surface area contributed by atoms with Gasteiger partial charge in [-0.2, -0.15) is 5.10 Å². The number of amides is 1. The summed E-state index contributed by atoms with van der Waals surface area (Å²) < 4.78 is 62.5. The van der Waals surface area contributed by atoms with Crippen LogP contribution in [0.3, 0.4) is 0 Å². The average Bonchev–Trinajstić information content (AvgIpc) is 3.11. The largest absolute Gasteiger partial charge is 0.435 e. The van der Waals surface area contributed by atoms with Crippen LogP contribution in [-0.2, 0) is 4.74 Å². The van der Waals surface area contributed by atoms with Crippen molar-refractivity contribution in [2.24, 2.45) is 0 Å². The van der Waals surface area contributed by atoms with Crippen molar-refractivity contribution >= 4 is 22.8 Å². The zero-order valence-electron chi connectivity index (χ0n) is 16.0. The molecule has 4 heterocycles. The highest BCUT2D eigenvalue weighted by Crippen LogP contribution is 2.42. The zero-order valence-corrected chi connectivity index (χ0v) is 16.0. The number of alkyl halides is 3. The number of benzene rings is 1. The fraction of sp³-hybridized carbons (Fsp3) is 0.350. The Hall–Kier alpha value is -3.21. The number of hydrogen-bond donors (Lipinski definition) is 2. The van der Waals surface area contributed by atoms with Gasteiger partial charge in [-0.1, -0.05) is 0 Å². The van der Waals surface area contributed by atoms with Crippen molar-refractivity contribution in [3.8, 4) is 11.3 Å². The van der Waals surface area contributed by atoms with Crippen molar-refractivity contribution in [1.29, 1.82) is 0 Å². The van der Waals surface area contributed by atoms with E-state index in [1.807, 2.05) is 0 Å². The molecule has 0 unspecified atom stereocenters. The molecule has 2 aromatic heterocycles. The molecule has 1 aromatic carbocycles. The SMILES string of the molecule is O=C1Nc2nccc(-c3nn([C@H]4CCNC[C@H]4F)c4ccc(F)cc34)c2[C@H](C(F)F)O1. The van der Waals surface area contributed by atoms with Crippen LogP contribution in [0.15, 0.2) is 30.5 Å². The number of anilines is 1. The Kier molecular flexibility index (Phi) is 4.77. The summed E-state index contributed by atoms with van der Waals surface area (Å²) in [5, 5.41) is 10.2. The molecule has 5 rings (SSSR count). The second-order valence-corrected chi connectivity index (χ2v) is 7.44. The lowest BCUT2D eigenvalue weighted by Crippen LogP contribution is -2.39. The number of ether oxygens (including phenoxy) is 1. The summed E-state index contributed by atoms with van der Waals surface area (Å²) in [5.41, 5.74) is 0.805. The summed E-state index contributed by atoms with van der Waals surface area (Å²) in [4.78, 5) is 15.6. The number of carbonyl (C=O) groups excluding carboxylic acids is 1. The molecule has 1 amide bonds. The maximum absolute atomic E-state index is 14.7. The topological polar surface area (TPSA) is 81.1 Å². The Morgan fingerprint density at radius 3 is 2.87 bits per heavy atom. The number of halogens is 4. The van der Waals surface area contributed by atoms with Gasteiger partial charge in [-0.15, -0.1) is 0 Å². The quantitative estimate of drug-likeness (QED) is 0.609. The molecule has 3 atom stereocenters. The highest BCUT2D eigenvalue weighted by Gasteiger charge is 2.38. The number of nitrogens with one attached hydrogen (secondary N) is 2. The summed E-state index contributed by atoms with van der Waals surface area (Å²) in [6.07, 6.45) is -5.36. The van der Waals surface area contributed by atoms with Gasteiger partial charge in [0.05, 0.1) is 17.1 Å². The van der Waals surface area contributed by atoms with Gasteiger partial charge in [0.1, 0.15) is 23.5 Å². The molecule has 0 radical (unpaired) electrons. The van der Waals surface area contributed by atoms with E-state index in [0.717, 1.165) is 0 Å². The second-order valence-electron chi connectivity index (χ2n) is 7.44. The van der Waals surface area contributed by atoms with Crippen LogP contribution in [0.5, 0.6) is 0 Å². The number of cyclic esters (lactones) is 1. The molecular formula is C20H17F4N5O2. The molecule has 1 fully saturated rings. The van der Waals surface area contributed by atoms with Gasteiger partial charge >= 0.3 is 6.09 Å². The lowest BCUT2D eigenvalue weighted by molar-refractivity contribution is -0.0168. The normalized spacial score (nSPS) is 23.5. The van der Waals surface area contributed by atoms with Crippen LogP contribution in [0.25, 0.3) is 22.2 Å². The van der Waals surface area contributed by atoms with Crippen LogP contribution in [0, 0.1) is 5.82 Å². The summed E-state index contributed by atoms with van der Waals surface area (Å²) in [7, 11) is 0. The van der Waals surface area contributed by atoms with E-state index >= 15 is 0 Å². The molecule has 31 heavy (non-hydrogen) atoms. The van der Waals surface area contributed by atoms with Crippen LogP contribution >= 0.6 is 0 Å². The van der Waals surface area contributed by atoms with Crippen LogP contribution in [0.1, 0.15) is 24.1 Å². The lowest BCUT2D eigenvalue weighted by Gasteiger charge is -2.27. The Balaban J connectivity index is 1.74. The molecule has 11 heteroatoms. The number of hydrogen-bond acceptors (Lipinski definition) is 5. The van der Waals surface area contributed by atoms with Gasteiger partial charge in [0.25, 0.3) is 6.43 Å². The van der Waals surface area contributed by atoms with Crippen molar-refractivity contribution in [3.05, 3.63) is 41.8 Å². The third-order valence-electron chi connectivity index (χ3n) is 5.57. The fourth-order valence-electron chi connectivity index (χ4n) is 4.19. The van der Waals surface area contributed by atoms with Gasteiger partial charge in [-0.3, -0.25) is 10.00 Å². The minimum atomic E-state index is -3.02. The summed E-state index contributed by atoms with van der Waals surface area (Å²) in [6, 6.07) is 4.82. The molecular weight excluding hydrogens is 418 g/mol. The van der Waals surface area contributed by atoms with E-state index in [-0.39, 0.29) is 29.2 Å². The van der Waals surface area contributed by atoms with Crippen molar-refractivity contribution in [2.45, 2.75) is 31.2 Å². The first-order chi connectivity index (χ1) is 14.9. The first kappa shape index (κ1) is 19.7. The first-order valence-electron chi connectivity index (χ1n) is 9.71. The van der Waals surface area contributed by atoms with E-state index in [2.05, 4.69) is 20.7 Å². The minimum Gasteiger partial charge on any atom is -0.435 e. The molecule has 0 spiro atoms. The van der Waals surface area contributed by atoms with E-state index in [1.54, 1.807) is 0 Å². The Morgan fingerprint density at radius 1 is 1.26 bits per heavy atom. The van der Waals surface area contributed by atoms with Gasteiger partial charge in [-0.05, 0) is 37.2 Å². The monoisotopic (exact) mass is 435 g/mol. The van der Waals surface area contributed by atoms with E-state index in [4.69, 9.17) is 4.74 Å². The number of pyridine rings is 1. The summed E-state index contributed by atoms with van der Waals surface area (Å²) in [6.45, 7) is 0.738. The third kappa shape index (κ3) is 3.29. The van der Waals surface area contributed by atoms with Gasteiger partial charge in [-0.25, -0.2) is 27.3 Å².